The Morgan fingerprint density at radius 2 is 1.95 bits per heavy atom. The quantitative estimate of drug-likeness (QED) is 0.863. The Kier molecular flexibility index (Phi) is 5.92. The van der Waals surface area contributed by atoms with Crippen LogP contribution in [-0.2, 0) is 6.42 Å². The number of para-hydroxylation sites is 1. The van der Waals surface area contributed by atoms with Crippen LogP contribution in [0.15, 0.2) is 18.2 Å². The van der Waals surface area contributed by atoms with Gasteiger partial charge in [0.1, 0.15) is 0 Å². The zero-order valence-electron chi connectivity index (χ0n) is 13.6. The molecule has 0 bridgehead atoms. The zero-order valence-corrected chi connectivity index (χ0v) is 13.6. The van der Waals surface area contributed by atoms with Crippen molar-refractivity contribution >= 4 is 0 Å². The average Bonchev–Trinajstić information content (AvgIpc) is 2.44. The summed E-state index contributed by atoms with van der Waals surface area (Å²) in [6.07, 6.45) is 5.92. The molecule has 21 heavy (non-hydrogen) atoms. The Hall–Kier alpha value is -1.22. The van der Waals surface area contributed by atoms with E-state index in [2.05, 4.69) is 13.0 Å². The maximum Gasteiger partial charge on any atom is 0.164 e. The van der Waals surface area contributed by atoms with Crippen LogP contribution >= 0.6 is 0 Å². The Balaban J connectivity index is 2.17. The van der Waals surface area contributed by atoms with Crippen LogP contribution in [0, 0.1) is 5.92 Å². The molecule has 3 heteroatoms. The Bertz CT molecular complexity index is 437. The molecular formula is C18H29NO2. The van der Waals surface area contributed by atoms with Gasteiger partial charge in [-0.2, -0.15) is 0 Å². The van der Waals surface area contributed by atoms with Gasteiger partial charge in [0.25, 0.3) is 0 Å². The second kappa shape index (κ2) is 7.69. The summed E-state index contributed by atoms with van der Waals surface area (Å²) < 4.78 is 12.1. The Morgan fingerprint density at radius 3 is 2.57 bits per heavy atom. The lowest BCUT2D eigenvalue weighted by Gasteiger charge is -2.28. The SMILES string of the molecule is CCOc1cccc(CC(C)N)c1OC1CCC(C)CC1. The molecule has 1 aromatic rings. The van der Waals surface area contributed by atoms with Gasteiger partial charge in [0.05, 0.1) is 12.7 Å². The van der Waals surface area contributed by atoms with Crippen molar-refractivity contribution < 1.29 is 9.47 Å². The summed E-state index contributed by atoms with van der Waals surface area (Å²) in [7, 11) is 0. The molecule has 0 aliphatic heterocycles. The molecule has 0 aromatic heterocycles. The van der Waals surface area contributed by atoms with Crippen LogP contribution in [0.2, 0.25) is 0 Å². The van der Waals surface area contributed by atoms with E-state index in [0.29, 0.717) is 12.7 Å². The number of rotatable bonds is 6. The summed E-state index contributed by atoms with van der Waals surface area (Å²) in [5.74, 6) is 2.60. The first-order valence-corrected chi connectivity index (χ1v) is 8.27. The molecule has 1 fully saturated rings. The largest absolute Gasteiger partial charge is 0.490 e. The van der Waals surface area contributed by atoms with Crippen LogP contribution in [0.3, 0.4) is 0 Å². The third-order valence-electron chi connectivity index (χ3n) is 4.15. The van der Waals surface area contributed by atoms with E-state index in [-0.39, 0.29) is 6.04 Å². The van der Waals surface area contributed by atoms with E-state index in [4.69, 9.17) is 15.2 Å². The monoisotopic (exact) mass is 291 g/mol. The zero-order chi connectivity index (χ0) is 15.2. The number of ether oxygens (including phenoxy) is 2. The lowest BCUT2D eigenvalue weighted by atomic mass is 9.89. The standard InChI is InChI=1S/C18H29NO2/c1-4-20-17-7-5-6-15(12-14(3)19)18(17)21-16-10-8-13(2)9-11-16/h5-7,13-14,16H,4,8-12,19H2,1-3H3. The van der Waals surface area contributed by atoms with Gasteiger partial charge in [-0.15, -0.1) is 0 Å². The average molecular weight is 291 g/mol. The number of benzene rings is 1. The van der Waals surface area contributed by atoms with Gasteiger partial charge in [0.2, 0.25) is 0 Å². The van der Waals surface area contributed by atoms with E-state index >= 15 is 0 Å². The fourth-order valence-electron chi connectivity index (χ4n) is 2.99. The van der Waals surface area contributed by atoms with Crippen molar-refractivity contribution in [3.05, 3.63) is 23.8 Å². The highest BCUT2D eigenvalue weighted by molar-refractivity contribution is 5.47. The molecule has 2 N–H and O–H groups in total. The van der Waals surface area contributed by atoms with Gasteiger partial charge in [0.15, 0.2) is 11.5 Å². The molecule has 1 aliphatic rings. The first kappa shape index (κ1) is 16.2. The highest BCUT2D eigenvalue weighted by Gasteiger charge is 2.22. The van der Waals surface area contributed by atoms with Gasteiger partial charge in [-0.1, -0.05) is 19.1 Å². The molecule has 0 radical (unpaired) electrons. The molecule has 3 nitrogen and oxygen atoms in total. The summed E-state index contributed by atoms with van der Waals surface area (Å²) in [5.41, 5.74) is 7.13. The second-order valence-corrected chi connectivity index (χ2v) is 6.36. The predicted octanol–water partition coefficient (Wildman–Crippen LogP) is 3.93. The summed E-state index contributed by atoms with van der Waals surface area (Å²) in [6, 6.07) is 6.25. The maximum atomic E-state index is 6.34. The predicted molar refractivity (Wildman–Crippen MR) is 87.0 cm³/mol. The lowest BCUT2D eigenvalue weighted by Crippen LogP contribution is -2.25. The van der Waals surface area contributed by atoms with Crippen LogP contribution in [-0.4, -0.2) is 18.8 Å². The first-order valence-electron chi connectivity index (χ1n) is 8.27. The van der Waals surface area contributed by atoms with Crippen molar-refractivity contribution in [3.63, 3.8) is 0 Å². The Morgan fingerprint density at radius 1 is 1.24 bits per heavy atom. The minimum absolute atomic E-state index is 0.121. The minimum Gasteiger partial charge on any atom is -0.490 e. The molecule has 1 saturated carbocycles. The first-order chi connectivity index (χ1) is 10.1. The van der Waals surface area contributed by atoms with Crippen LogP contribution in [0.25, 0.3) is 0 Å². The Labute approximate surface area is 128 Å². The maximum absolute atomic E-state index is 6.34. The van der Waals surface area contributed by atoms with Crippen molar-refractivity contribution in [1.82, 2.24) is 0 Å². The molecule has 2 rings (SSSR count). The van der Waals surface area contributed by atoms with E-state index < -0.39 is 0 Å². The van der Waals surface area contributed by atoms with Gasteiger partial charge >= 0.3 is 0 Å². The molecular weight excluding hydrogens is 262 g/mol. The topological polar surface area (TPSA) is 44.5 Å². The van der Waals surface area contributed by atoms with Crippen LogP contribution in [0.5, 0.6) is 11.5 Å². The lowest BCUT2D eigenvalue weighted by molar-refractivity contribution is 0.128. The van der Waals surface area contributed by atoms with Crippen molar-refractivity contribution in [2.45, 2.75) is 65.0 Å². The van der Waals surface area contributed by atoms with E-state index in [1.54, 1.807) is 0 Å². The van der Waals surface area contributed by atoms with E-state index in [9.17, 15) is 0 Å². The van der Waals surface area contributed by atoms with Gasteiger partial charge in [-0.3, -0.25) is 0 Å². The number of hydrogen-bond acceptors (Lipinski definition) is 3. The smallest absolute Gasteiger partial charge is 0.164 e. The molecule has 0 spiro atoms. The van der Waals surface area contributed by atoms with Crippen molar-refractivity contribution in [1.29, 1.82) is 0 Å². The van der Waals surface area contributed by atoms with Crippen LogP contribution < -0.4 is 15.2 Å². The molecule has 1 atom stereocenters. The van der Waals surface area contributed by atoms with Crippen molar-refractivity contribution in [2.24, 2.45) is 11.7 Å². The van der Waals surface area contributed by atoms with Crippen LogP contribution in [0.4, 0.5) is 0 Å². The van der Waals surface area contributed by atoms with Gasteiger partial charge in [0, 0.05) is 6.04 Å². The van der Waals surface area contributed by atoms with Gasteiger partial charge in [-0.05, 0) is 63.5 Å². The molecule has 0 saturated heterocycles. The normalized spacial score (nSPS) is 23.6. The van der Waals surface area contributed by atoms with E-state index in [1.807, 2.05) is 26.0 Å². The third kappa shape index (κ3) is 4.63. The highest BCUT2D eigenvalue weighted by Crippen LogP contribution is 2.36. The fourth-order valence-corrected chi connectivity index (χ4v) is 2.99. The number of nitrogens with two attached hydrogens (primary N) is 1. The third-order valence-corrected chi connectivity index (χ3v) is 4.15. The van der Waals surface area contributed by atoms with Gasteiger partial charge < -0.3 is 15.2 Å². The second-order valence-electron chi connectivity index (χ2n) is 6.36. The molecule has 0 amide bonds. The molecule has 0 heterocycles. The molecule has 118 valence electrons. The molecule has 1 unspecified atom stereocenters. The number of hydrogen-bond donors (Lipinski definition) is 1. The van der Waals surface area contributed by atoms with E-state index in [0.717, 1.165) is 42.2 Å². The van der Waals surface area contributed by atoms with E-state index in [1.165, 1.54) is 12.8 Å². The van der Waals surface area contributed by atoms with Crippen LogP contribution in [0.1, 0.15) is 52.0 Å². The summed E-state index contributed by atoms with van der Waals surface area (Å²) >= 11 is 0. The van der Waals surface area contributed by atoms with Crippen molar-refractivity contribution in [2.75, 3.05) is 6.61 Å². The molecule has 1 aromatic carbocycles. The molecule has 1 aliphatic carbocycles. The summed E-state index contributed by atoms with van der Waals surface area (Å²) in [5, 5.41) is 0. The summed E-state index contributed by atoms with van der Waals surface area (Å²) in [4.78, 5) is 0. The highest BCUT2D eigenvalue weighted by atomic mass is 16.5. The summed E-state index contributed by atoms with van der Waals surface area (Å²) in [6.45, 7) is 7.01. The van der Waals surface area contributed by atoms with Crippen molar-refractivity contribution in [3.8, 4) is 11.5 Å². The minimum atomic E-state index is 0.121. The van der Waals surface area contributed by atoms with Gasteiger partial charge in [-0.25, -0.2) is 0 Å². The fraction of sp³-hybridized carbons (Fsp3) is 0.667.